The summed E-state index contributed by atoms with van der Waals surface area (Å²) in [6.07, 6.45) is 7.33. The zero-order valence-corrected chi connectivity index (χ0v) is 35.5. The number of hydrogen-bond donors (Lipinski definition) is 4. The highest BCUT2D eigenvalue weighted by Crippen LogP contribution is 2.43. The molecule has 0 spiro atoms. The molecule has 0 fully saturated rings. The standard InChI is InChI=1S/C45H52N5O8P/c1-9-30-24-31(43(51)47-18-19-56-22-23-57-21-20-54-5)26-33(25-30)48-41-29-34(16-17-46-41)58-39-15-14-37(35-12-10-11-13-36(35)39)49-44(52)50-38-27-32(45(2,3)4)28-40(42(38)55-6)59(7,8)53/h1,10-17,24-29H,18-23H2,2-8H3,(H,46,48)(H,47,51)(H2,49,50,52). The van der Waals surface area contributed by atoms with Crippen LogP contribution in [0.5, 0.6) is 17.2 Å². The van der Waals surface area contributed by atoms with Gasteiger partial charge < -0.3 is 49.5 Å². The van der Waals surface area contributed by atoms with Crippen LogP contribution in [-0.2, 0) is 24.2 Å². The van der Waals surface area contributed by atoms with Crippen molar-refractivity contribution in [2.75, 3.05) is 83.1 Å². The molecule has 59 heavy (non-hydrogen) atoms. The first kappa shape index (κ1) is 44.2. The molecule has 310 valence electrons. The first-order valence-corrected chi connectivity index (χ1v) is 21.6. The number of benzene rings is 4. The van der Waals surface area contributed by atoms with Gasteiger partial charge in [0.1, 0.15) is 24.5 Å². The third kappa shape index (κ3) is 12.3. The van der Waals surface area contributed by atoms with E-state index in [2.05, 4.69) is 52.9 Å². The average Bonchev–Trinajstić information content (AvgIpc) is 3.20. The van der Waals surface area contributed by atoms with E-state index in [0.717, 1.165) is 16.3 Å². The minimum Gasteiger partial charge on any atom is -0.494 e. The van der Waals surface area contributed by atoms with Gasteiger partial charge in [-0.3, -0.25) is 4.79 Å². The second-order valence-corrected chi connectivity index (χ2v) is 18.1. The van der Waals surface area contributed by atoms with Crippen LogP contribution in [0.3, 0.4) is 0 Å². The third-order valence-electron chi connectivity index (χ3n) is 9.03. The summed E-state index contributed by atoms with van der Waals surface area (Å²) in [6, 6.07) is 22.9. The quantitative estimate of drug-likeness (QED) is 0.0385. The maximum absolute atomic E-state index is 13.6. The molecular weight excluding hydrogens is 769 g/mol. The Labute approximate surface area is 345 Å². The Morgan fingerprint density at radius 2 is 1.54 bits per heavy atom. The van der Waals surface area contributed by atoms with E-state index in [1.54, 1.807) is 69.1 Å². The van der Waals surface area contributed by atoms with Crippen molar-refractivity contribution in [3.63, 3.8) is 0 Å². The van der Waals surface area contributed by atoms with Gasteiger partial charge in [-0.2, -0.15) is 0 Å². The largest absolute Gasteiger partial charge is 0.494 e. The first-order valence-electron chi connectivity index (χ1n) is 19.0. The van der Waals surface area contributed by atoms with Gasteiger partial charge in [0.15, 0.2) is 5.75 Å². The fourth-order valence-corrected chi connectivity index (χ4v) is 7.19. The highest BCUT2D eigenvalue weighted by molar-refractivity contribution is 7.70. The van der Waals surface area contributed by atoms with Crippen molar-refractivity contribution >= 4 is 58.0 Å². The number of pyridine rings is 1. The molecular formula is C45H52N5O8P. The van der Waals surface area contributed by atoms with Crippen LogP contribution in [0.15, 0.2) is 85.1 Å². The minimum absolute atomic E-state index is 0.271. The molecule has 4 N–H and O–H groups in total. The van der Waals surface area contributed by atoms with Gasteiger partial charge >= 0.3 is 6.03 Å². The fraction of sp³-hybridized carbons (Fsp3) is 0.311. The Balaban J connectivity index is 1.28. The van der Waals surface area contributed by atoms with E-state index in [4.69, 9.17) is 30.1 Å². The van der Waals surface area contributed by atoms with E-state index in [0.29, 0.717) is 96.1 Å². The monoisotopic (exact) mass is 821 g/mol. The van der Waals surface area contributed by atoms with Crippen LogP contribution in [-0.4, -0.2) is 84.1 Å². The highest BCUT2D eigenvalue weighted by atomic mass is 31.2. The molecule has 4 aromatic carbocycles. The van der Waals surface area contributed by atoms with Gasteiger partial charge in [-0.1, -0.05) is 51.0 Å². The van der Waals surface area contributed by atoms with Gasteiger partial charge in [0.2, 0.25) is 0 Å². The molecule has 0 radical (unpaired) electrons. The third-order valence-corrected chi connectivity index (χ3v) is 10.5. The Morgan fingerprint density at radius 1 is 0.831 bits per heavy atom. The number of amides is 3. The molecule has 0 saturated heterocycles. The number of terminal acetylenes is 1. The lowest BCUT2D eigenvalue weighted by Crippen LogP contribution is -2.27. The molecule has 0 aliphatic heterocycles. The van der Waals surface area contributed by atoms with Gasteiger partial charge in [0.25, 0.3) is 5.91 Å². The molecule has 13 nitrogen and oxygen atoms in total. The normalized spacial score (nSPS) is 11.4. The second kappa shape index (κ2) is 20.2. The van der Waals surface area contributed by atoms with E-state index < -0.39 is 13.2 Å². The molecule has 1 aromatic heterocycles. The van der Waals surface area contributed by atoms with Crippen LogP contribution in [0.4, 0.5) is 27.7 Å². The van der Waals surface area contributed by atoms with Crippen molar-refractivity contribution in [3.8, 4) is 29.6 Å². The molecule has 3 amide bonds. The summed E-state index contributed by atoms with van der Waals surface area (Å²) >= 11 is 0. The van der Waals surface area contributed by atoms with Crippen LogP contribution < -0.4 is 36.0 Å². The van der Waals surface area contributed by atoms with Crippen LogP contribution in [0.2, 0.25) is 0 Å². The number of nitrogens with one attached hydrogen (secondary N) is 4. The average molecular weight is 822 g/mol. The zero-order chi connectivity index (χ0) is 42.6. The van der Waals surface area contributed by atoms with Crippen LogP contribution in [0, 0.1) is 12.3 Å². The number of carbonyl (C=O) groups is 2. The van der Waals surface area contributed by atoms with E-state index in [1.807, 2.05) is 36.4 Å². The molecule has 14 heteroatoms. The SMILES string of the molecule is C#Cc1cc(Nc2cc(Oc3ccc(NC(=O)Nc4cc(C(C)(C)C)cc(P(C)(C)=O)c4OC)c4ccccc34)ccn2)cc(C(=O)NCCOCCOCCOC)c1. The molecule has 5 rings (SSSR count). The van der Waals surface area contributed by atoms with Crippen molar-refractivity contribution in [1.82, 2.24) is 10.3 Å². The maximum Gasteiger partial charge on any atom is 0.323 e. The van der Waals surface area contributed by atoms with Crippen LogP contribution in [0.1, 0.15) is 42.3 Å². The van der Waals surface area contributed by atoms with E-state index in [9.17, 15) is 14.2 Å². The predicted molar refractivity (Wildman–Crippen MR) is 235 cm³/mol. The van der Waals surface area contributed by atoms with Crippen molar-refractivity contribution < 1.29 is 37.8 Å². The molecule has 0 atom stereocenters. The number of anilines is 4. The summed E-state index contributed by atoms with van der Waals surface area (Å²) < 4.78 is 41.2. The van der Waals surface area contributed by atoms with Gasteiger partial charge in [-0.05, 0) is 72.8 Å². The molecule has 0 saturated carbocycles. The number of aromatic nitrogens is 1. The maximum atomic E-state index is 13.6. The van der Waals surface area contributed by atoms with Gasteiger partial charge in [0.05, 0.1) is 56.8 Å². The van der Waals surface area contributed by atoms with Gasteiger partial charge in [-0.15, -0.1) is 6.42 Å². The lowest BCUT2D eigenvalue weighted by molar-refractivity contribution is 0.0255. The number of carbonyl (C=O) groups excluding carboxylic acids is 2. The number of hydrogen-bond acceptors (Lipinski definition) is 10. The van der Waals surface area contributed by atoms with E-state index in [1.165, 1.54) is 7.11 Å². The Hall–Kier alpha value is -5.90. The lowest BCUT2D eigenvalue weighted by atomic mass is 9.86. The number of fused-ring (bicyclic) bond motifs is 1. The molecule has 0 bridgehead atoms. The summed E-state index contributed by atoms with van der Waals surface area (Å²) in [5.41, 5.74) is 3.07. The lowest BCUT2D eigenvalue weighted by Gasteiger charge is -2.25. The Kier molecular flexibility index (Phi) is 15.1. The summed E-state index contributed by atoms with van der Waals surface area (Å²) in [4.78, 5) is 31.0. The molecule has 0 aliphatic carbocycles. The topological polar surface area (TPSA) is 158 Å². The first-order chi connectivity index (χ1) is 28.2. The fourth-order valence-electron chi connectivity index (χ4n) is 6.03. The molecule has 0 unspecified atom stereocenters. The van der Waals surface area contributed by atoms with Crippen molar-refractivity contribution in [1.29, 1.82) is 0 Å². The summed E-state index contributed by atoms with van der Waals surface area (Å²) in [5, 5.41) is 14.0. The zero-order valence-electron chi connectivity index (χ0n) is 34.6. The number of rotatable bonds is 18. The summed E-state index contributed by atoms with van der Waals surface area (Å²) in [5.74, 6) is 4.17. The number of ether oxygens (including phenoxy) is 5. The number of nitrogens with zero attached hydrogens (tertiary/aromatic N) is 1. The number of urea groups is 1. The Morgan fingerprint density at radius 3 is 2.24 bits per heavy atom. The molecule has 5 aromatic rings. The molecule has 1 heterocycles. The molecule has 0 aliphatic rings. The van der Waals surface area contributed by atoms with Gasteiger partial charge in [0, 0.05) is 53.5 Å². The van der Waals surface area contributed by atoms with Crippen molar-refractivity contribution in [3.05, 3.63) is 102 Å². The minimum atomic E-state index is -2.76. The smallest absolute Gasteiger partial charge is 0.323 e. The summed E-state index contributed by atoms with van der Waals surface area (Å²) in [6.45, 7) is 12.0. The van der Waals surface area contributed by atoms with Crippen LogP contribution in [0.25, 0.3) is 10.8 Å². The highest BCUT2D eigenvalue weighted by Gasteiger charge is 2.26. The van der Waals surface area contributed by atoms with Gasteiger partial charge in [-0.25, -0.2) is 9.78 Å². The van der Waals surface area contributed by atoms with E-state index >= 15 is 0 Å². The van der Waals surface area contributed by atoms with Crippen molar-refractivity contribution in [2.24, 2.45) is 0 Å². The predicted octanol–water partition coefficient (Wildman–Crippen LogP) is 8.36. The van der Waals surface area contributed by atoms with Crippen LogP contribution >= 0.6 is 7.14 Å². The van der Waals surface area contributed by atoms with E-state index in [-0.39, 0.29) is 11.3 Å². The number of methoxy groups -OCH3 is 2. The Bertz CT molecular complexity index is 2370. The summed E-state index contributed by atoms with van der Waals surface area (Å²) in [7, 11) is 0.353. The second-order valence-electron chi connectivity index (χ2n) is 14.9. The van der Waals surface area contributed by atoms with Crippen molar-refractivity contribution in [2.45, 2.75) is 26.2 Å².